The van der Waals surface area contributed by atoms with Gasteiger partial charge in [-0.25, -0.2) is 4.98 Å². The van der Waals surface area contributed by atoms with E-state index in [1.54, 1.807) is 37.3 Å². The average Bonchev–Trinajstić information content (AvgIpc) is 3.22. The summed E-state index contributed by atoms with van der Waals surface area (Å²) in [6.45, 7) is 5.31. The number of benzene rings is 2. The summed E-state index contributed by atoms with van der Waals surface area (Å²) in [5.74, 6) is 0.0563. The van der Waals surface area contributed by atoms with Crippen molar-refractivity contribution in [3.8, 4) is 0 Å². The normalized spacial score (nSPS) is 12.0. The number of halogens is 2. The summed E-state index contributed by atoms with van der Waals surface area (Å²) in [5.41, 5.74) is 2.69. The molecular formula is C23H25Cl2N3OS. The first-order valence-electron chi connectivity index (χ1n) is 9.94. The number of carbonyl (C=O) groups is 1. The molecule has 1 atom stereocenters. The first-order chi connectivity index (χ1) is 14.5. The van der Waals surface area contributed by atoms with Crippen molar-refractivity contribution in [3.63, 3.8) is 0 Å². The molecule has 0 saturated heterocycles. The third kappa shape index (κ3) is 6.03. The van der Waals surface area contributed by atoms with Gasteiger partial charge in [-0.3, -0.25) is 4.79 Å². The van der Waals surface area contributed by atoms with Gasteiger partial charge >= 0.3 is 0 Å². The molecule has 0 saturated carbocycles. The minimum Gasteiger partial charge on any atom is -0.384 e. The van der Waals surface area contributed by atoms with Gasteiger partial charge in [0.05, 0.1) is 11.6 Å². The molecule has 158 valence electrons. The van der Waals surface area contributed by atoms with Crippen LogP contribution in [0.5, 0.6) is 0 Å². The molecule has 0 bridgehead atoms. The number of thioether (sulfide) groups is 1. The zero-order chi connectivity index (χ0) is 21.5. The third-order valence-electron chi connectivity index (χ3n) is 4.75. The van der Waals surface area contributed by atoms with Crippen LogP contribution in [0.4, 0.5) is 5.69 Å². The van der Waals surface area contributed by atoms with Gasteiger partial charge in [0, 0.05) is 51.7 Å². The van der Waals surface area contributed by atoms with Crippen molar-refractivity contribution in [2.24, 2.45) is 0 Å². The average molecular weight is 462 g/mol. The number of rotatable bonds is 10. The Bertz CT molecular complexity index is 992. The van der Waals surface area contributed by atoms with Crippen molar-refractivity contribution in [2.45, 2.75) is 43.4 Å². The van der Waals surface area contributed by atoms with E-state index >= 15 is 0 Å². The molecule has 0 aliphatic heterocycles. The molecule has 0 spiro atoms. The van der Waals surface area contributed by atoms with Crippen LogP contribution < -0.4 is 5.32 Å². The number of nitrogens with zero attached hydrogens (tertiary/aromatic N) is 2. The van der Waals surface area contributed by atoms with Crippen molar-refractivity contribution in [1.29, 1.82) is 0 Å². The number of anilines is 1. The number of hydrogen-bond acceptors (Lipinski definition) is 4. The molecule has 3 rings (SSSR count). The Hall–Kier alpha value is -1.95. The molecule has 1 N–H and O–H groups in total. The Morgan fingerprint density at radius 1 is 1.23 bits per heavy atom. The fourth-order valence-electron chi connectivity index (χ4n) is 3.09. The summed E-state index contributed by atoms with van der Waals surface area (Å²) in [5, 5.41) is 4.80. The molecule has 1 unspecified atom stereocenters. The van der Waals surface area contributed by atoms with E-state index in [2.05, 4.69) is 17.2 Å². The number of hydrogen-bond donors (Lipinski definition) is 1. The number of nitrogens with one attached hydrogen (secondary N) is 1. The molecule has 30 heavy (non-hydrogen) atoms. The predicted molar refractivity (Wildman–Crippen MR) is 127 cm³/mol. The highest BCUT2D eigenvalue weighted by atomic mass is 35.5. The van der Waals surface area contributed by atoms with Crippen LogP contribution >= 0.6 is 35.0 Å². The number of ketones is 1. The van der Waals surface area contributed by atoms with Gasteiger partial charge in [0.2, 0.25) is 0 Å². The van der Waals surface area contributed by atoms with E-state index in [0.717, 1.165) is 35.5 Å². The van der Waals surface area contributed by atoms with Gasteiger partial charge in [-0.05, 0) is 43.2 Å². The Morgan fingerprint density at radius 3 is 2.73 bits per heavy atom. The molecule has 4 nitrogen and oxygen atoms in total. The van der Waals surface area contributed by atoms with Crippen LogP contribution in [-0.4, -0.2) is 21.9 Å². The Labute approximate surface area is 192 Å². The maximum atomic E-state index is 11.9. The van der Waals surface area contributed by atoms with Crippen LogP contribution in [0.25, 0.3) is 0 Å². The number of unbranched alkanes of at least 4 members (excludes halogenated alkanes) is 1. The molecule has 3 aromatic rings. The van der Waals surface area contributed by atoms with Crippen molar-refractivity contribution in [1.82, 2.24) is 9.55 Å². The molecule has 2 aromatic carbocycles. The van der Waals surface area contributed by atoms with E-state index in [1.165, 1.54) is 0 Å². The van der Waals surface area contributed by atoms with Gasteiger partial charge in [0.25, 0.3) is 0 Å². The SMILES string of the molecule is CCCCNc1cc(C(C)=O)ccc1SC(Cn1ccnc1)c1ccc(Cl)cc1Cl. The summed E-state index contributed by atoms with van der Waals surface area (Å²) in [6, 6.07) is 11.5. The number of carbonyl (C=O) groups excluding carboxylic acids is 1. The summed E-state index contributed by atoms with van der Waals surface area (Å²) in [7, 11) is 0. The van der Waals surface area contributed by atoms with Crippen LogP contribution in [0, 0.1) is 0 Å². The fraction of sp³-hybridized carbons (Fsp3) is 0.304. The van der Waals surface area contributed by atoms with Crippen LogP contribution in [0.15, 0.2) is 60.0 Å². The Balaban J connectivity index is 1.95. The van der Waals surface area contributed by atoms with Crippen molar-refractivity contribution < 1.29 is 4.79 Å². The monoisotopic (exact) mass is 461 g/mol. The second kappa shape index (κ2) is 10.9. The lowest BCUT2D eigenvalue weighted by Gasteiger charge is -2.21. The maximum absolute atomic E-state index is 11.9. The second-order valence-electron chi connectivity index (χ2n) is 7.08. The fourth-order valence-corrected chi connectivity index (χ4v) is 4.99. The minimum atomic E-state index is 0.0406. The highest BCUT2D eigenvalue weighted by molar-refractivity contribution is 7.99. The Morgan fingerprint density at radius 2 is 2.07 bits per heavy atom. The molecule has 0 aliphatic carbocycles. The minimum absolute atomic E-state index is 0.0406. The number of imidazole rings is 1. The lowest BCUT2D eigenvalue weighted by atomic mass is 10.1. The van der Waals surface area contributed by atoms with Crippen molar-refractivity contribution in [2.75, 3.05) is 11.9 Å². The molecule has 0 aliphatic rings. The quantitative estimate of drug-likeness (QED) is 0.198. The molecule has 0 amide bonds. The van der Waals surface area contributed by atoms with Crippen LogP contribution in [0.1, 0.15) is 47.9 Å². The molecule has 0 fully saturated rings. The first-order valence-corrected chi connectivity index (χ1v) is 11.6. The topological polar surface area (TPSA) is 46.9 Å². The van der Waals surface area contributed by atoms with Crippen LogP contribution in [-0.2, 0) is 6.54 Å². The molecule has 7 heteroatoms. The van der Waals surface area contributed by atoms with Crippen LogP contribution in [0.2, 0.25) is 10.0 Å². The van der Waals surface area contributed by atoms with Gasteiger partial charge < -0.3 is 9.88 Å². The molecule has 1 aromatic heterocycles. The summed E-state index contributed by atoms with van der Waals surface area (Å²) in [6.07, 6.45) is 7.68. The number of Topliss-reactive ketones (excluding diaryl/α,β-unsaturated/α-hetero) is 1. The third-order valence-corrected chi connectivity index (χ3v) is 6.61. The molecular weight excluding hydrogens is 437 g/mol. The first kappa shape index (κ1) is 22.7. The summed E-state index contributed by atoms with van der Waals surface area (Å²) < 4.78 is 2.04. The highest BCUT2D eigenvalue weighted by Crippen LogP contribution is 2.43. The lowest BCUT2D eigenvalue weighted by Crippen LogP contribution is -2.08. The predicted octanol–water partition coefficient (Wildman–Crippen LogP) is 7.14. The van der Waals surface area contributed by atoms with E-state index in [4.69, 9.17) is 23.2 Å². The lowest BCUT2D eigenvalue weighted by molar-refractivity contribution is 0.101. The van der Waals surface area contributed by atoms with E-state index in [0.29, 0.717) is 22.2 Å². The van der Waals surface area contributed by atoms with Gasteiger partial charge in [0.15, 0.2) is 5.78 Å². The second-order valence-corrected chi connectivity index (χ2v) is 9.17. The highest BCUT2D eigenvalue weighted by Gasteiger charge is 2.20. The van der Waals surface area contributed by atoms with E-state index in [9.17, 15) is 4.79 Å². The number of aromatic nitrogens is 2. The van der Waals surface area contributed by atoms with Gasteiger partial charge in [-0.1, -0.05) is 48.7 Å². The van der Waals surface area contributed by atoms with E-state index < -0.39 is 0 Å². The largest absolute Gasteiger partial charge is 0.384 e. The standard InChI is InChI=1S/C23H25Cl2N3OS/c1-3-4-9-27-21-12-17(16(2)29)5-8-22(21)30-23(14-28-11-10-26-15-28)19-7-6-18(24)13-20(19)25/h5-8,10-13,15,23,27H,3-4,9,14H2,1-2H3. The molecule has 0 radical (unpaired) electrons. The zero-order valence-corrected chi connectivity index (χ0v) is 19.4. The summed E-state index contributed by atoms with van der Waals surface area (Å²) >= 11 is 14.4. The van der Waals surface area contributed by atoms with Gasteiger partial charge in [-0.2, -0.15) is 0 Å². The Kier molecular flexibility index (Phi) is 8.25. The van der Waals surface area contributed by atoms with Gasteiger partial charge in [0.1, 0.15) is 0 Å². The smallest absolute Gasteiger partial charge is 0.159 e. The van der Waals surface area contributed by atoms with Crippen molar-refractivity contribution >= 4 is 46.4 Å². The summed E-state index contributed by atoms with van der Waals surface area (Å²) in [4.78, 5) is 17.1. The van der Waals surface area contributed by atoms with E-state index in [-0.39, 0.29) is 11.0 Å². The molecule has 1 heterocycles. The van der Waals surface area contributed by atoms with Crippen molar-refractivity contribution in [3.05, 3.63) is 76.3 Å². The van der Waals surface area contributed by atoms with E-state index in [1.807, 2.05) is 41.1 Å². The van der Waals surface area contributed by atoms with Crippen LogP contribution in [0.3, 0.4) is 0 Å². The maximum Gasteiger partial charge on any atom is 0.159 e. The van der Waals surface area contributed by atoms with Gasteiger partial charge in [-0.15, -0.1) is 11.8 Å². The zero-order valence-electron chi connectivity index (χ0n) is 17.1.